The molecule has 1 aromatic heterocycles. The van der Waals surface area contributed by atoms with Gasteiger partial charge in [0.05, 0.1) is 5.69 Å². The maximum atomic E-state index is 12.9. The van der Waals surface area contributed by atoms with Gasteiger partial charge in [-0.1, -0.05) is 36.4 Å². The summed E-state index contributed by atoms with van der Waals surface area (Å²) in [4.78, 5) is 4.43. The van der Waals surface area contributed by atoms with Crippen LogP contribution in [-0.2, 0) is 0 Å². The maximum absolute atomic E-state index is 12.9. The Morgan fingerprint density at radius 3 is 1.95 bits per heavy atom. The quantitative estimate of drug-likeness (QED) is 0.649. The molecule has 0 saturated heterocycles. The molecule has 2 aromatic carbocycles. The molecule has 3 rings (SSSR count). The van der Waals surface area contributed by atoms with Gasteiger partial charge in [0.15, 0.2) is 0 Å². The third kappa shape index (κ3) is 2.52. The van der Waals surface area contributed by atoms with Gasteiger partial charge in [0, 0.05) is 17.3 Å². The summed E-state index contributed by atoms with van der Waals surface area (Å²) in [5, 5.41) is 0. The molecular weight excluding hydrogens is 237 g/mol. The molecule has 1 heterocycles. The van der Waals surface area contributed by atoms with Crippen LogP contribution in [-0.4, -0.2) is 4.98 Å². The van der Waals surface area contributed by atoms with Crippen molar-refractivity contribution in [2.45, 2.75) is 0 Å². The van der Waals surface area contributed by atoms with E-state index in [0.29, 0.717) is 0 Å². The van der Waals surface area contributed by atoms with Gasteiger partial charge in [-0.2, -0.15) is 0 Å². The van der Waals surface area contributed by atoms with Crippen LogP contribution in [0.15, 0.2) is 72.9 Å². The molecule has 0 unspecified atom stereocenters. The molecule has 3 aromatic rings. The predicted octanol–water partition coefficient (Wildman–Crippen LogP) is 4.55. The second kappa shape index (κ2) is 5.02. The third-order valence-corrected chi connectivity index (χ3v) is 3.01. The van der Waals surface area contributed by atoms with E-state index < -0.39 is 0 Å². The maximum Gasteiger partial charge on any atom is 0.123 e. The molecule has 92 valence electrons. The number of nitrogens with zero attached hydrogens (tertiary/aromatic N) is 1. The van der Waals surface area contributed by atoms with Gasteiger partial charge < -0.3 is 0 Å². The van der Waals surface area contributed by atoms with Crippen LogP contribution in [0.4, 0.5) is 4.39 Å². The Hall–Kier alpha value is -2.48. The smallest absolute Gasteiger partial charge is 0.123 e. The van der Waals surface area contributed by atoms with E-state index in [9.17, 15) is 4.39 Å². The monoisotopic (exact) mass is 249 g/mol. The molecule has 0 aliphatic carbocycles. The molecule has 0 aliphatic heterocycles. The van der Waals surface area contributed by atoms with E-state index in [4.69, 9.17) is 0 Å². The van der Waals surface area contributed by atoms with E-state index in [1.807, 2.05) is 36.5 Å². The Labute approximate surface area is 111 Å². The Balaban J connectivity index is 1.93. The van der Waals surface area contributed by atoms with E-state index in [0.717, 1.165) is 22.4 Å². The standard InChI is InChI=1S/C17H12FN/c18-16-9-6-14(7-10-16)17-11-8-15(12-19-17)13-4-2-1-3-5-13/h1-12H. The summed E-state index contributed by atoms with van der Waals surface area (Å²) in [5.74, 6) is -0.232. The van der Waals surface area contributed by atoms with Crippen molar-refractivity contribution < 1.29 is 4.39 Å². The number of aromatic nitrogens is 1. The second-order valence-corrected chi connectivity index (χ2v) is 4.31. The normalized spacial score (nSPS) is 10.4. The zero-order valence-corrected chi connectivity index (χ0v) is 10.3. The van der Waals surface area contributed by atoms with Crippen molar-refractivity contribution in [1.82, 2.24) is 4.98 Å². The van der Waals surface area contributed by atoms with Crippen molar-refractivity contribution in [2.24, 2.45) is 0 Å². The number of rotatable bonds is 2. The number of hydrogen-bond donors (Lipinski definition) is 0. The van der Waals surface area contributed by atoms with E-state index in [1.165, 1.54) is 12.1 Å². The highest BCUT2D eigenvalue weighted by atomic mass is 19.1. The SMILES string of the molecule is Fc1ccc(-c2ccc(-c3ccccc3)cn2)cc1. The molecule has 0 N–H and O–H groups in total. The first-order valence-electron chi connectivity index (χ1n) is 6.10. The van der Waals surface area contributed by atoms with Crippen molar-refractivity contribution >= 4 is 0 Å². The van der Waals surface area contributed by atoms with Gasteiger partial charge in [-0.05, 0) is 35.9 Å². The highest BCUT2D eigenvalue weighted by molar-refractivity contribution is 5.66. The summed E-state index contributed by atoms with van der Waals surface area (Å²) < 4.78 is 12.9. The Kier molecular flexibility index (Phi) is 3.07. The molecule has 0 atom stereocenters. The number of pyridine rings is 1. The Morgan fingerprint density at radius 1 is 0.632 bits per heavy atom. The molecule has 0 amide bonds. The van der Waals surface area contributed by atoms with Crippen molar-refractivity contribution in [1.29, 1.82) is 0 Å². The third-order valence-electron chi connectivity index (χ3n) is 3.01. The first-order chi connectivity index (χ1) is 9.33. The van der Waals surface area contributed by atoms with Crippen LogP contribution in [0.3, 0.4) is 0 Å². The summed E-state index contributed by atoms with van der Waals surface area (Å²) in [6.07, 6.45) is 1.84. The van der Waals surface area contributed by atoms with Crippen molar-refractivity contribution in [3.05, 3.63) is 78.7 Å². The van der Waals surface area contributed by atoms with Crippen LogP contribution in [0.25, 0.3) is 22.4 Å². The van der Waals surface area contributed by atoms with Gasteiger partial charge in [0.2, 0.25) is 0 Å². The first-order valence-corrected chi connectivity index (χ1v) is 6.10. The summed E-state index contributed by atoms with van der Waals surface area (Å²) in [6, 6.07) is 20.4. The number of benzene rings is 2. The Morgan fingerprint density at radius 2 is 1.32 bits per heavy atom. The number of hydrogen-bond acceptors (Lipinski definition) is 1. The van der Waals surface area contributed by atoms with Gasteiger partial charge in [-0.3, -0.25) is 4.98 Å². The molecule has 0 aliphatic rings. The second-order valence-electron chi connectivity index (χ2n) is 4.31. The molecular formula is C17H12FN. The lowest BCUT2D eigenvalue weighted by molar-refractivity contribution is 0.628. The molecule has 19 heavy (non-hydrogen) atoms. The average molecular weight is 249 g/mol. The van der Waals surface area contributed by atoms with Crippen LogP contribution >= 0.6 is 0 Å². The van der Waals surface area contributed by atoms with E-state index in [2.05, 4.69) is 17.1 Å². The van der Waals surface area contributed by atoms with E-state index in [-0.39, 0.29) is 5.82 Å². The van der Waals surface area contributed by atoms with Crippen LogP contribution in [0.2, 0.25) is 0 Å². The molecule has 1 nitrogen and oxygen atoms in total. The highest BCUT2D eigenvalue weighted by Gasteiger charge is 2.01. The highest BCUT2D eigenvalue weighted by Crippen LogP contribution is 2.22. The zero-order chi connectivity index (χ0) is 13.1. The van der Waals surface area contributed by atoms with Crippen molar-refractivity contribution in [3.63, 3.8) is 0 Å². The minimum Gasteiger partial charge on any atom is -0.256 e. The van der Waals surface area contributed by atoms with Crippen molar-refractivity contribution in [3.8, 4) is 22.4 Å². The minimum absolute atomic E-state index is 0.232. The summed E-state index contributed by atoms with van der Waals surface area (Å²) in [6.45, 7) is 0. The Bertz CT molecular complexity index is 658. The average Bonchev–Trinajstić information content (AvgIpc) is 2.49. The largest absolute Gasteiger partial charge is 0.256 e. The van der Waals surface area contributed by atoms with Gasteiger partial charge >= 0.3 is 0 Å². The predicted molar refractivity (Wildman–Crippen MR) is 75.1 cm³/mol. The topological polar surface area (TPSA) is 12.9 Å². The molecule has 0 saturated carbocycles. The van der Waals surface area contributed by atoms with Crippen LogP contribution in [0.5, 0.6) is 0 Å². The lowest BCUT2D eigenvalue weighted by atomic mass is 10.1. The minimum atomic E-state index is -0.232. The fraction of sp³-hybridized carbons (Fsp3) is 0. The lowest BCUT2D eigenvalue weighted by Crippen LogP contribution is -1.85. The number of halogens is 1. The first kappa shape index (κ1) is 11.6. The molecule has 0 radical (unpaired) electrons. The molecule has 0 fully saturated rings. The van der Waals surface area contributed by atoms with E-state index in [1.54, 1.807) is 12.1 Å². The fourth-order valence-corrected chi connectivity index (χ4v) is 1.99. The van der Waals surface area contributed by atoms with E-state index >= 15 is 0 Å². The van der Waals surface area contributed by atoms with Crippen LogP contribution in [0, 0.1) is 5.82 Å². The van der Waals surface area contributed by atoms with Gasteiger partial charge in [-0.25, -0.2) is 4.39 Å². The van der Waals surface area contributed by atoms with Crippen LogP contribution in [0.1, 0.15) is 0 Å². The molecule has 2 heteroatoms. The summed E-state index contributed by atoms with van der Waals surface area (Å²) in [5.41, 5.74) is 3.98. The van der Waals surface area contributed by atoms with Crippen LogP contribution < -0.4 is 0 Å². The zero-order valence-electron chi connectivity index (χ0n) is 10.3. The van der Waals surface area contributed by atoms with Gasteiger partial charge in [0.1, 0.15) is 5.82 Å². The van der Waals surface area contributed by atoms with Gasteiger partial charge in [0.25, 0.3) is 0 Å². The molecule has 0 spiro atoms. The summed E-state index contributed by atoms with van der Waals surface area (Å²) in [7, 11) is 0. The molecule has 0 bridgehead atoms. The summed E-state index contributed by atoms with van der Waals surface area (Å²) >= 11 is 0. The van der Waals surface area contributed by atoms with Crippen molar-refractivity contribution in [2.75, 3.05) is 0 Å². The fourth-order valence-electron chi connectivity index (χ4n) is 1.99. The lowest BCUT2D eigenvalue weighted by Gasteiger charge is -2.04. The van der Waals surface area contributed by atoms with Gasteiger partial charge in [-0.15, -0.1) is 0 Å².